The third-order valence-electron chi connectivity index (χ3n) is 4.07. The number of hydrogen-bond acceptors (Lipinski definition) is 3. The molecule has 3 heteroatoms. The topological polar surface area (TPSA) is 44.3 Å². The molecule has 112 valence electrons. The van der Waals surface area contributed by atoms with Gasteiger partial charge in [0.05, 0.1) is 0 Å². The minimum Gasteiger partial charge on any atom is -0.508 e. The maximum absolute atomic E-state index is 9.37. The Hall–Kier alpha value is -1.06. The van der Waals surface area contributed by atoms with E-state index in [0.29, 0.717) is 17.8 Å². The molecule has 1 unspecified atom stereocenters. The first-order valence-electron chi connectivity index (χ1n) is 7.51. The van der Waals surface area contributed by atoms with Gasteiger partial charge in [-0.1, -0.05) is 12.1 Å². The maximum atomic E-state index is 9.37. The largest absolute Gasteiger partial charge is 0.508 e. The van der Waals surface area contributed by atoms with Crippen molar-refractivity contribution in [3.8, 4) is 5.75 Å². The third-order valence-corrected chi connectivity index (χ3v) is 4.07. The third kappa shape index (κ3) is 3.97. The van der Waals surface area contributed by atoms with Crippen LogP contribution in [0.2, 0.25) is 0 Å². The summed E-state index contributed by atoms with van der Waals surface area (Å²) in [5, 5.41) is 16.8. The van der Waals surface area contributed by atoms with Gasteiger partial charge in [0.15, 0.2) is 0 Å². The fourth-order valence-corrected chi connectivity index (χ4v) is 3.65. The van der Waals surface area contributed by atoms with Crippen LogP contribution in [0.4, 0.5) is 0 Å². The Morgan fingerprint density at radius 3 is 2.10 bits per heavy atom. The molecule has 0 bridgehead atoms. The van der Waals surface area contributed by atoms with Crippen molar-refractivity contribution >= 4 is 0 Å². The second kappa shape index (κ2) is 5.38. The van der Waals surface area contributed by atoms with E-state index < -0.39 is 0 Å². The van der Waals surface area contributed by atoms with Crippen LogP contribution in [0.15, 0.2) is 24.3 Å². The smallest absolute Gasteiger partial charge is 0.115 e. The predicted molar refractivity (Wildman–Crippen MR) is 84.0 cm³/mol. The molecule has 1 atom stereocenters. The highest BCUT2D eigenvalue weighted by Gasteiger charge is 2.37. The molecular weight excluding hydrogens is 248 g/mol. The number of rotatable bonds is 3. The molecule has 2 rings (SSSR count). The van der Waals surface area contributed by atoms with Gasteiger partial charge in [0.2, 0.25) is 0 Å². The summed E-state index contributed by atoms with van der Waals surface area (Å²) in [5.74, 6) is 0.324. The van der Waals surface area contributed by atoms with Gasteiger partial charge in [-0.3, -0.25) is 0 Å². The zero-order valence-corrected chi connectivity index (χ0v) is 13.3. The molecule has 3 nitrogen and oxygen atoms in total. The van der Waals surface area contributed by atoms with Gasteiger partial charge in [-0.15, -0.1) is 0 Å². The average Bonchev–Trinajstić information content (AvgIpc) is 2.25. The van der Waals surface area contributed by atoms with Crippen LogP contribution in [-0.4, -0.2) is 22.2 Å². The number of phenolic OH excluding ortho intramolecular Hbond substituents is 1. The zero-order valence-electron chi connectivity index (χ0n) is 13.3. The normalized spacial score (nSPS) is 23.4. The molecule has 1 saturated heterocycles. The van der Waals surface area contributed by atoms with Crippen LogP contribution in [-0.2, 0) is 0 Å². The van der Waals surface area contributed by atoms with Crippen molar-refractivity contribution < 1.29 is 5.11 Å². The number of phenols is 1. The summed E-state index contributed by atoms with van der Waals surface area (Å²) >= 11 is 0. The Labute approximate surface area is 122 Å². The Morgan fingerprint density at radius 1 is 1.10 bits per heavy atom. The van der Waals surface area contributed by atoms with E-state index in [1.807, 2.05) is 12.1 Å². The Balaban J connectivity index is 2.03. The number of benzene rings is 1. The second-order valence-corrected chi connectivity index (χ2v) is 7.48. The first-order chi connectivity index (χ1) is 9.17. The molecule has 1 aromatic carbocycles. The van der Waals surface area contributed by atoms with E-state index in [2.05, 4.69) is 45.3 Å². The molecular formula is C17H28N2O. The van der Waals surface area contributed by atoms with Gasteiger partial charge in [-0.05, 0) is 65.2 Å². The van der Waals surface area contributed by atoms with Crippen molar-refractivity contribution in [3.05, 3.63) is 29.8 Å². The zero-order chi connectivity index (χ0) is 15.0. The molecule has 20 heavy (non-hydrogen) atoms. The summed E-state index contributed by atoms with van der Waals surface area (Å²) in [5.41, 5.74) is 1.54. The summed E-state index contributed by atoms with van der Waals surface area (Å²) in [4.78, 5) is 0. The van der Waals surface area contributed by atoms with Crippen molar-refractivity contribution in [1.82, 2.24) is 10.6 Å². The molecule has 0 spiro atoms. The highest BCUT2D eigenvalue weighted by atomic mass is 16.3. The summed E-state index contributed by atoms with van der Waals surface area (Å²) in [7, 11) is 0. The molecule has 1 aliphatic heterocycles. The van der Waals surface area contributed by atoms with E-state index in [1.165, 1.54) is 5.56 Å². The first kappa shape index (κ1) is 15.3. The fourth-order valence-electron chi connectivity index (χ4n) is 3.65. The second-order valence-electron chi connectivity index (χ2n) is 7.48. The van der Waals surface area contributed by atoms with E-state index in [0.717, 1.165) is 12.8 Å². The highest BCUT2D eigenvalue weighted by Crippen LogP contribution is 2.30. The molecule has 3 N–H and O–H groups in total. The van der Waals surface area contributed by atoms with Gasteiger partial charge < -0.3 is 15.7 Å². The van der Waals surface area contributed by atoms with Gasteiger partial charge >= 0.3 is 0 Å². The van der Waals surface area contributed by atoms with Crippen LogP contribution in [0.1, 0.15) is 59.1 Å². The fraction of sp³-hybridized carbons (Fsp3) is 0.647. The van der Waals surface area contributed by atoms with Crippen molar-refractivity contribution in [2.24, 2.45) is 0 Å². The van der Waals surface area contributed by atoms with E-state index >= 15 is 0 Å². The standard InChI is InChI=1S/C17H28N2O/c1-12(13-6-8-15(20)9-7-13)18-14-10-16(2,3)19-17(4,5)11-14/h6-9,12,14,18-20H,10-11H2,1-5H3. The van der Waals surface area contributed by atoms with Crippen molar-refractivity contribution in [1.29, 1.82) is 0 Å². The van der Waals surface area contributed by atoms with Crippen molar-refractivity contribution in [2.45, 2.75) is 70.6 Å². The molecule has 1 aliphatic rings. The molecule has 0 aromatic heterocycles. The van der Waals surface area contributed by atoms with Gasteiger partial charge in [0.25, 0.3) is 0 Å². The van der Waals surface area contributed by atoms with Crippen molar-refractivity contribution in [3.63, 3.8) is 0 Å². The van der Waals surface area contributed by atoms with Crippen LogP contribution < -0.4 is 10.6 Å². The average molecular weight is 276 g/mol. The molecule has 1 heterocycles. The van der Waals surface area contributed by atoms with Gasteiger partial charge in [0.1, 0.15) is 5.75 Å². The number of aromatic hydroxyl groups is 1. The van der Waals surface area contributed by atoms with Crippen LogP contribution in [0.5, 0.6) is 5.75 Å². The summed E-state index contributed by atoms with van der Waals surface area (Å²) in [6.07, 6.45) is 2.25. The Morgan fingerprint density at radius 2 is 1.60 bits per heavy atom. The van der Waals surface area contributed by atoms with E-state index in [9.17, 15) is 5.11 Å². The molecule has 0 saturated carbocycles. The maximum Gasteiger partial charge on any atom is 0.115 e. The molecule has 1 fully saturated rings. The van der Waals surface area contributed by atoms with Crippen LogP contribution in [0.25, 0.3) is 0 Å². The molecule has 0 aliphatic carbocycles. The lowest BCUT2D eigenvalue weighted by atomic mass is 9.79. The first-order valence-corrected chi connectivity index (χ1v) is 7.51. The van der Waals surface area contributed by atoms with Gasteiger partial charge in [0, 0.05) is 23.2 Å². The number of nitrogens with one attached hydrogen (secondary N) is 2. The van der Waals surface area contributed by atoms with Crippen LogP contribution >= 0.6 is 0 Å². The minimum atomic E-state index is 0.161. The van der Waals surface area contributed by atoms with Crippen molar-refractivity contribution in [2.75, 3.05) is 0 Å². The summed E-state index contributed by atoms with van der Waals surface area (Å²) < 4.78 is 0. The summed E-state index contributed by atoms with van der Waals surface area (Å²) in [6, 6.07) is 8.29. The predicted octanol–water partition coefficient (Wildman–Crippen LogP) is 3.35. The molecule has 1 aromatic rings. The summed E-state index contributed by atoms with van der Waals surface area (Å²) in [6.45, 7) is 11.3. The minimum absolute atomic E-state index is 0.161. The van der Waals surface area contributed by atoms with Gasteiger partial charge in [-0.2, -0.15) is 0 Å². The van der Waals surface area contributed by atoms with E-state index in [1.54, 1.807) is 12.1 Å². The van der Waals surface area contributed by atoms with Gasteiger partial charge in [-0.25, -0.2) is 0 Å². The molecule has 0 amide bonds. The Kier molecular flexibility index (Phi) is 4.12. The number of piperidine rings is 1. The van der Waals surface area contributed by atoms with E-state index in [-0.39, 0.29) is 11.1 Å². The van der Waals surface area contributed by atoms with Crippen LogP contribution in [0.3, 0.4) is 0 Å². The van der Waals surface area contributed by atoms with E-state index in [4.69, 9.17) is 0 Å². The monoisotopic (exact) mass is 276 g/mol. The SMILES string of the molecule is CC(NC1CC(C)(C)NC(C)(C)C1)c1ccc(O)cc1. The van der Waals surface area contributed by atoms with Crippen LogP contribution in [0, 0.1) is 0 Å². The Bertz CT molecular complexity index is 435. The lowest BCUT2D eigenvalue weighted by Crippen LogP contribution is -2.61. The quantitative estimate of drug-likeness (QED) is 0.793. The highest BCUT2D eigenvalue weighted by molar-refractivity contribution is 5.27. The molecule has 0 radical (unpaired) electrons. The lowest BCUT2D eigenvalue weighted by Gasteiger charge is -2.47. The number of hydrogen-bond donors (Lipinski definition) is 3. The lowest BCUT2D eigenvalue weighted by molar-refractivity contribution is 0.141.